The van der Waals surface area contributed by atoms with Gasteiger partial charge in [-0.2, -0.15) is 4.98 Å². The highest BCUT2D eigenvalue weighted by Gasteiger charge is 2.15. The van der Waals surface area contributed by atoms with Gasteiger partial charge >= 0.3 is 0 Å². The second-order valence-corrected chi connectivity index (χ2v) is 7.38. The van der Waals surface area contributed by atoms with Crippen LogP contribution in [0, 0.1) is 0 Å². The molecule has 9 nitrogen and oxygen atoms in total. The number of pyridine rings is 1. The molecule has 1 aromatic carbocycles. The Morgan fingerprint density at radius 3 is 2.53 bits per heavy atom. The Hall–Kier alpha value is -3.72. The van der Waals surface area contributed by atoms with E-state index < -0.39 is 0 Å². The maximum Gasteiger partial charge on any atom is 0.275 e. The quantitative estimate of drug-likeness (QED) is 0.539. The Balaban J connectivity index is 1.40. The van der Waals surface area contributed by atoms with Crippen LogP contribution in [0.15, 0.2) is 59.8 Å². The van der Waals surface area contributed by atoms with E-state index in [1.54, 1.807) is 17.1 Å². The number of nitrogens with zero attached hydrogens (tertiary/aromatic N) is 6. The van der Waals surface area contributed by atoms with E-state index in [-0.39, 0.29) is 5.56 Å². The molecule has 0 spiro atoms. The molecule has 0 unspecified atom stereocenters. The molecule has 0 bridgehead atoms. The Labute approximate surface area is 173 Å². The van der Waals surface area contributed by atoms with Crippen molar-refractivity contribution in [3.8, 4) is 5.69 Å². The average Bonchev–Trinajstić information content (AvgIpc) is 3.11. The van der Waals surface area contributed by atoms with E-state index >= 15 is 0 Å². The first-order valence-electron chi connectivity index (χ1n) is 9.86. The van der Waals surface area contributed by atoms with Crippen molar-refractivity contribution in [3.63, 3.8) is 0 Å². The van der Waals surface area contributed by atoms with Crippen LogP contribution in [0.5, 0.6) is 0 Å². The fraction of sp³-hybridized carbons (Fsp3) is 0.238. The number of rotatable bonds is 4. The minimum Gasteiger partial charge on any atom is -0.369 e. The van der Waals surface area contributed by atoms with Gasteiger partial charge in [0.2, 0.25) is 5.95 Å². The zero-order valence-corrected chi connectivity index (χ0v) is 16.6. The van der Waals surface area contributed by atoms with Crippen LogP contribution >= 0.6 is 0 Å². The van der Waals surface area contributed by atoms with Gasteiger partial charge in [0.15, 0.2) is 5.65 Å². The molecule has 5 rings (SSSR count). The minimum atomic E-state index is -0.239. The van der Waals surface area contributed by atoms with Crippen LogP contribution in [0.25, 0.3) is 16.7 Å². The van der Waals surface area contributed by atoms with Crippen LogP contribution in [-0.4, -0.2) is 62.9 Å². The number of likely N-dealkylation sites (N-methyl/N-ethyl adjacent to an activating group) is 1. The van der Waals surface area contributed by atoms with E-state index in [1.807, 2.05) is 24.3 Å². The standard InChI is InChI=1S/C21H22N8O/c1-27-9-11-28(12-10-27)16-6-4-15(5-7-16)24-21-23-14-18-19(25-21)29(26-20(18)30)17-3-2-8-22-13-17/h2-8,13-14H,9-12H2,1H3,(H,26,30)(H,23,24,25). The number of fused-ring (bicyclic) bond motifs is 1. The highest BCUT2D eigenvalue weighted by atomic mass is 16.1. The van der Waals surface area contributed by atoms with Crippen molar-refractivity contribution < 1.29 is 0 Å². The van der Waals surface area contributed by atoms with Gasteiger partial charge in [0.25, 0.3) is 5.56 Å². The van der Waals surface area contributed by atoms with Crippen molar-refractivity contribution in [2.24, 2.45) is 0 Å². The van der Waals surface area contributed by atoms with Gasteiger partial charge in [0.1, 0.15) is 5.39 Å². The average molecular weight is 402 g/mol. The molecule has 1 aliphatic heterocycles. The molecule has 1 aliphatic rings. The first-order chi connectivity index (χ1) is 14.7. The number of hydrogen-bond donors (Lipinski definition) is 2. The zero-order valence-electron chi connectivity index (χ0n) is 16.6. The number of nitrogens with one attached hydrogen (secondary N) is 2. The number of aromatic nitrogens is 5. The molecule has 3 aromatic heterocycles. The van der Waals surface area contributed by atoms with Gasteiger partial charge in [0.05, 0.1) is 11.9 Å². The lowest BCUT2D eigenvalue weighted by atomic mass is 10.2. The SMILES string of the molecule is CN1CCN(c2ccc(Nc3ncc4c(=O)[nH]n(-c5cccnc5)c4n3)cc2)CC1. The fourth-order valence-corrected chi connectivity index (χ4v) is 3.60. The van der Waals surface area contributed by atoms with Crippen LogP contribution in [0.1, 0.15) is 0 Å². The first-order valence-corrected chi connectivity index (χ1v) is 9.86. The molecule has 152 valence electrons. The number of benzene rings is 1. The predicted molar refractivity (Wildman–Crippen MR) is 117 cm³/mol. The summed E-state index contributed by atoms with van der Waals surface area (Å²) in [6, 6.07) is 11.9. The number of aromatic amines is 1. The molecule has 1 fully saturated rings. The summed E-state index contributed by atoms with van der Waals surface area (Å²) in [7, 11) is 2.15. The van der Waals surface area contributed by atoms with Gasteiger partial charge in [-0.25, -0.2) is 9.67 Å². The lowest BCUT2D eigenvalue weighted by Crippen LogP contribution is -2.44. The predicted octanol–water partition coefficient (Wildman–Crippen LogP) is 2.00. The highest BCUT2D eigenvalue weighted by Crippen LogP contribution is 2.22. The van der Waals surface area contributed by atoms with Crippen LogP contribution < -0.4 is 15.8 Å². The van der Waals surface area contributed by atoms with Crippen LogP contribution in [0.3, 0.4) is 0 Å². The summed E-state index contributed by atoms with van der Waals surface area (Å²) in [6.45, 7) is 4.21. The van der Waals surface area contributed by atoms with Crippen molar-refractivity contribution in [1.29, 1.82) is 0 Å². The maximum absolute atomic E-state index is 12.2. The third kappa shape index (κ3) is 3.50. The van der Waals surface area contributed by atoms with Gasteiger partial charge in [-0.3, -0.25) is 14.9 Å². The molecule has 4 heterocycles. The van der Waals surface area contributed by atoms with Gasteiger partial charge in [-0.05, 0) is 43.4 Å². The molecule has 30 heavy (non-hydrogen) atoms. The smallest absolute Gasteiger partial charge is 0.275 e. The molecular weight excluding hydrogens is 380 g/mol. The molecule has 0 saturated carbocycles. The summed E-state index contributed by atoms with van der Waals surface area (Å²) < 4.78 is 1.62. The summed E-state index contributed by atoms with van der Waals surface area (Å²) in [6.07, 6.45) is 4.89. The Morgan fingerprint density at radius 2 is 1.80 bits per heavy atom. The van der Waals surface area contributed by atoms with E-state index in [9.17, 15) is 4.79 Å². The van der Waals surface area contributed by atoms with Gasteiger partial charge < -0.3 is 15.1 Å². The Bertz CT molecular complexity index is 1210. The summed E-state index contributed by atoms with van der Waals surface area (Å²) in [5.41, 5.74) is 3.08. The number of anilines is 3. The van der Waals surface area contributed by atoms with Crippen molar-refractivity contribution in [3.05, 3.63) is 65.3 Å². The van der Waals surface area contributed by atoms with Crippen molar-refractivity contribution >= 4 is 28.4 Å². The number of hydrogen-bond acceptors (Lipinski definition) is 7. The topological polar surface area (TPSA) is 95.0 Å². The third-order valence-corrected chi connectivity index (χ3v) is 5.33. The molecule has 4 aromatic rings. The molecule has 0 aliphatic carbocycles. The summed E-state index contributed by atoms with van der Waals surface area (Å²) in [5.74, 6) is 0.423. The van der Waals surface area contributed by atoms with Gasteiger partial charge in [0, 0.05) is 49.9 Å². The van der Waals surface area contributed by atoms with Crippen LogP contribution in [0.2, 0.25) is 0 Å². The van der Waals surface area contributed by atoms with E-state index in [0.717, 1.165) is 37.6 Å². The normalized spacial score (nSPS) is 14.9. The van der Waals surface area contributed by atoms with Gasteiger partial charge in [-0.1, -0.05) is 0 Å². The summed E-state index contributed by atoms with van der Waals surface area (Å²) >= 11 is 0. The number of H-pyrrole nitrogens is 1. The molecule has 1 saturated heterocycles. The van der Waals surface area contributed by atoms with E-state index in [2.05, 4.69) is 54.3 Å². The summed E-state index contributed by atoms with van der Waals surface area (Å²) in [4.78, 5) is 29.9. The molecule has 0 atom stereocenters. The molecular formula is C21H22N8O. The summed E-state index contributed by atoms with van der Waals surface area (Å²) in [5, 5.41) is 6.44. The first kappa shape index (κ1) is 18.3. The Kier molecular flexibility index (Phi) is 4.64. The fourth-order valence-electron chi connectivity index (χ4n) is 3.60. The lowest BCUT2D eigenvalue weighted by Gasteiger charge is -2.34. The second kappa shape index (κ2) is 7.60. The monoisotopic (exact) mass is 402 g/mol. The van der Waals surface area contributed by atoms with Crippen molar-refractivity contribution in [1.82, 2.24) is 29.6 Å². The Morgan fingerprint density at radius 1 is 1.00 bits per heavy atom. The van der Waals surface area contributed by atoms with Crippen molar-refractivity contribution in [2.45, 2.75) is 0 Å². The van der Waals surface area contributed by atoms with Crippen LogP contribution in [-0.2, 0) is 0 Å². The van der Waals surface area contributed by atoms with Crippen molar-refractivity contribution in [2.75, 3.05) is 43.4 Å². The minimum absolute atomic E-state index is 0.239. The van der Waals surface area contributed by atoms with E-state index in [1.165, 1.54) is 11.9 Å². The number of piperazine rings is 1. The molecule has 2 N–H and O–H groups in total. The zero-order chi connectivity index (χ0) is 20.5. The molecule has 0 radical (unpaired) electrons. The largest absolute Gasteiger partial charge is 0.369 e. The van der Waals surface area contributed by atoms with Gasteiger partial charge in [-0.15, -0.1) is 0 Å². The molecule has 9 heteroatoms. The highest BCUT2D eigenvalue weighted by molar-refractivity contribution is 5.76. The van der Waals surface area contributed by atoms with E-state index in [0.29, 0.717) is 17.0 Å². The lowest BCUT2D eigenvalue weighted by molar-refractivity contribution is 0.313. The van der Waals surface area contributed by atoms with Crippen LogP contribution in [0.4, 0.5) is 17.3 Å². The molecule has 0 amide bonds. The second-order valence-electron chi connectivity index (χ2n) is 7.38. The van der Waals surface area contributed by atoms with E-state index in [4.69, 9.17) is 0 Å². The maximum atomic E-state index is 12.2. The third-order valence-electron chi connectivity index (χ3n) is 5.33.